The minimum atomic E-state index is -4.50. The van der Waals surface area contributed by atoms with Gasteiger partial charge in [-0.3, -0.25) is 14.5 Å². The van der Waals surface area contributed by atoms with Gasteiger partial charge in [0.2, 0.25) is 5.91 Å². The molecule has 0 aliphatic carbocycles. The molecular weight excluding hydrogens is 437 g/mol. The third-order valence-electron chi connectivity index (χ3n) is 5.79. The Hall–Kier alpha value is -3.30. The topological polar surface area (TPSA) is 81.8 Å². The lowest BCUT2D eigenvalue weighted by Gasteiger charge is -2.33. The van der Waals surface area contributed by atoms with Crippen molar-refractivity contribution in [1.29, 1.82) is 0 Å². The van der Waals surface area contributed by atoms with Crippen LogP contribution in [-0.4, -0.2) is 53.3 Å². The molecule has 0 saturated carbocycles. The minimum absolute atomic E-state index is 0.0525. The van der Waals surface area contributed by atoms with E-state index in [4.69, 9.17) is 0 Å². The highest BCUT2D eigenvalue weighted by atomic mass is 19.4. The molecule has 3 rings (SSSR count). The first-order chi connectivity index (χ1) is 15.5. The number of rotatable bonds is 7. The van der Waals surface area contributed by atoms with Crippen molar-refractivity contribution in [2.75, 3.05) is 19.6 Å². The van der Waals surface area contributed by atoms with Crippen molar-refractivity contribution in [1.82, 2.24) is 20.4 Å². The Labute approximate surface area is 190 Å². The fraction of sp³-hybridized carbons (Fsp3) is 0.435. The van der Waals surface area contributed by atoms with Crippen LogP contribution in [-0.2, 0) is 15.8 Å². The van der Waals surface area contributed by atoms with E-state index in [0.717, 1.165) is 12.1 Å². The lowest BCUT2D eigenvalue weighted by Crippen LogP contribution is -2.51. The molecule has 10 heteroatoms. The van der Waals surface area contributed by atoms with Crippen molar-refractivity contribution in [3.8, 4) is 0 Å². The van der Waals surface area contributed by atoms with Gasteiger partial charge in [-0.05, 0) is 30.5 Å². The predicted molar refractivity (Wildman–Crippen MR) is 116 cm³/mol. The van der Waals surface area contributed by atoms with Crippen LogP contribution in [0.3, 0.4) is 0 Å². The zero-order chi connectivity index (χ0) is 24.5. The molecule has 0 unspecified atom stereocenters. The summed E-state index contributed by atoms with van der Waals surface area (Å²) >= 11 is 0. The van der Waals surface area contributed by atoms with E-state index < -0.39 is 35.8 Å². The van der Waals surface area contributed by atoms with Gasteiger partial charge in [0.15, 0.2) is 0 Å². The second-order valence-electron chi connectivity index (χ2n) is 8.26. The zero-order valence-electron chi connectivity index (χ0n) is 18.7. The third-order valence-corrected chi connectivity index (χ3v) is 5.79. The van der Waals surface area contributed by atoms with Crippen LogP contribution in [0, 0.1) is 5.92 Å². The van der Waals surface area contributed by atoms with E-state index in [2.05, 4.69) is 17.2 Å². The van der Waals surface area contributed by atoms with E-state index in [1.54, 1.807) is 6.92 Å². The first kappa shape index (κ1) is 24.3. The number of hydrogen-bond acceptors (Lipinski definition) is 3. The molecule has 0 fully saturated rings. The number of nitrogens with zero attached hydrogens (tertiary/aromatic N) is 2. The molecule has 33 heavy (non-hydrogen) atoms. The predicted octanol–water partition coefficient (Wildman–Crippen LogP) is 3.21. The number of urea groups is 1. The molecule has 7 nitrogen and oxygen atoms in total. The van der Waals surface area contributed by atoms with Crippen LogP contribution >= 0.6 is 0 Å². The number of alkyl halides is 3. The minimum Gasteiger partial charge on any atom is -0.351 e. The van der Waals surface area contributed by atoms with Crippen LogP contribution in [0.4, 0.5) is 18.0 Å². The molecule has 0 spiro atoms. The molecule has 1 aromatic carbocycles. The Bertz CT molecular complexity index is 986. The molecule has 2 atom stereocenters. The molecule has 2 aliphatic heterocycles. The van der Waals surface area contributed by atoms with E-state index in [1.807, 2.05) is 13.8 Å². The van der Waals surface area contributed by atoms with Gasteiger partial charge in [-0.1, -0.05) is 32.1 Å². The normalized spacial score (nSPS) is 19.5. The number of hydrogen-bond donors (Lipinski definition) is 2. The smallest absolute Gasteiger partial charge is 0.351 e. The van der Waals surface area contributed by atoms with Crippen molar-refractivity contribution in [3.05, 3.63) is 59.3 Å². The van der Waals surface area contributed by atoms with Crippen molar-refractivity contribution >= 4 is 17.8 Å². The molecule has 0 bridgehead atoms. The summed E-state index contributed by atoms with van der Waals surface area (Å²) in [5.41, 5.74) is 0.250. The van der Waals surface area contributed by atoms with Crippen LogP contribution in [0.1, 0.15) is 37.9 Å². The zero-order valence-corrected chi connectivity index (χ0v) is 18.7. The molecule has 2 aliphatic rings. The average Bonchev–Trinajstić information content (AvgIpc) is 3.07. The van der Waals surface area contributed by atoms with Crippen LogP contribution in [0.5, 0.6) is 0 Å². The largest absolute Gasteiger partial charge is 0.416 e. The van der Waals surface area contributed by atoms with Gasteiger partial charge >= 0.3 is 12.2 Å². The molecule has 0 aromatic heterocycles. The number of carbonyl (C=O) groups excluding carboxylic acids is 3. The van der Waals surface area contributed by atoms with Crippen LogP contribution in [0.2, 0.25) is 0 Å². The quantitative estimate of drug-likeness (QED) is 0.608. The first-order valence-electron chi connectivity index (χ1n) is 10.7. The third kappa shape index (κ3) is 4.60. The molecule has 1 aromatic rings. The van der Waals surface area contributed by atoms with Crippen molar-refractivity contribution in [2.24, 2.45) is 5.92 Å². The maximum atomic E-state index is 13.6. The maximum absolute atomic E-state index is 13.6. The molecule has 178 valence electrons. The molecule has 0 radical (unpaired) electrons. The van der Waals surface area contributed by atoms with Crippen molar-refractivity contribution in [3.63, 3.8) is 0 Å². The van der Waals surface area contributed by atoms with Gasteiger partial charge in [0.25, 0.3) is 5.91 Å². The van der Waals surface area contributed by atoms with E-state index in [-0.39, 0.29) is 30.5 Å². The van der Waals surface area contributed by atoms with Gasteiger partial charge in [-0.2, -0.15) is 13.2 Å². The lowest BCUT2D eigenvalue weighted by molar-refractivity contribution is -0.138. The maximum Gasteiger partial charge on any atom is 0.416 e. The van der Waals surface area contributed by atoms with Gasteiger partial charge in [-0.25, -0.2) is 4.79 Å². The van der Waals surface area contributed by atoms with Crippen molar-refractivity contribution < 1.29 is 27.6 Å². The van der Waals surface area contributed by atoms with Gasteiger partial charge in [-0.15, -0.1) is 6.58 Å². The summed E-state index contributed by atoms with van der Waals surface area (Å²) in [4.78, 5) is 42.0. The Morgan fingerprint density at radius 2 is 1.91 bits per heavy atom. The monoisotopic (exact) mass is 464 g/mol. The van der Waals surface area contributed by atoms with Gasteiger partial charge in [0.1, 0.15) is 6.04 Å². The molecule has 2 heterocycles. The highest BCUT2D eigenvalue weighted by Crippen LogP contribution is 2.38. The summed E-state index contributed by atoms with van der Waals surface area (Å²) in [5, 5.41) is 5.45. The van der Waals surface area contributed by atoms with E-state index >= 15 is 0 Å². The van der Waals surface area contributed by atoms with E-state index in [0.29, 0.717) is 17.8 Å². The standard InChI is InChI=1S/C23H27F3N4O3/c1-5-11-27-20(31)19(13(3)4)30-12-16-17(21(30)32)18(28-22(33)29(16)6-2)14-7-9-15(10-8-14)23(24,25)26/h5,7-10,13,18-19H,1,6,11-12H2,2-4H3,(H,27,31)(H,28,33)/t18-,19+/m1/s1. The second-order valence-corrected chi connectivity index (χ2v) is 8.26. The summed E-state index contributed by atoms with van der Waals surface area (Å²) in [6.45, 7) is 9.55. The molecule has 0 saturated heterocycles. The van der Waals surface area contributed by atoms with Crippen molar-refractivity contribution in [2.45, 2.75) is 39.0 Å². The molecular formula is C23H27F3N4O3. The van der Waals surface area contributed by atoms with Crippen LogP contribution in [0.25, 0.3) is 0 Å². The summed E-state index contributed by atoms with van der Waals surface area (Å²) in [6, 6.07) is 2.20. The molecule has 4 amide bonds. The summed E-state index contributed by atoms with van der Waals surface area (Å²) in [5.74, 6) is -0.990. The Balaban J connectivity index is 2.00. The number of likely N-dealkylation sites (N-methyl/N-ethyl adjacent to an activating group) is 1. The number of amides is 4. The number of halogens is 3. The second kappa shape index (κ2) is 9.29. The van der Waals surface area contributed by atoms with Crippen LogP contribution < -0.4 is 10.6 Å². The van der Waals surface area contributed by atoms with Gasteiger partial charge < -0.3 is 15.5 Å². The first-order valence-corrected chi connectivity index (χ1v) is 10.7. The summed E-state index contributed by atoms with van der Waals surface area (Å²) < 4.78 is 39.0. The fourth-order valence-corrected chi connectivity index (χ4v) is 4.27. The Kier molecular flexibility index (Phi) is 6.85. The van der Waals surface area contributed by atoms with Gasteiger partial charge in [0, 0.05) is 13.1 Å². The van der Waals surface area contributed by atoms with Crippen LogP contribution in [0.15, 0.2) is 48.2 Å². The summed E-state index contributed by atoms with van der Waals surface area (Å²) in [6.07, 6.45) is -2.96. The SMILES string of the molecule is C=CCNC(=O)[C@H](C(C)C)N1CC2=C(C1=O)[C@@H](c1ccc(C(F)(F)F)cc1)NC(=O)N2CC. The fourth-order valence-electron chi connectivity index (χ4n) is 4.27. The lowest BCUT2D eigenvalue weighted by atomic mass is 9.94. The number of nitrogens with one attached hydrogen (secondary N) is 2. The highest BCUT2D eigenvalue weighted by molar-refractivity contribution is 6.03. The molecule has 2 N–H and O–H groups in total. The number of carbonyl (C=O) groups is 3. The van der Waals surface area contributed by atoms with E-state index in [1.165, 1.54) is 28.0 Å². The van der Waals surface area contributed by atoms with E-state index in [9.17, 15) is 27.6 Å². The Morgan fingerprint density at radius 3 is 2.42 bits per heavy atom. The highest BCUT2D eigenvalue weighted by Gasteiger charge is 2.47. The summed E-state index contributed by atoms with van der Waals surface area (Å²) in [7, 11) is 0. The average molecular weight is 464 g/mol. The Morgan fingerprint density at radius 1 is 1.27 bits per heavy atom. The number of benzene rings is 1. The van der Waals surface area contributed by atoms with Gasteiger partial charge in [0.05, 0.1) is 29.4 Å².